The molecule has 3 N–H and O–H groups in total. The Labute approximate surface area is 100.0 Å². The van der Waals surface area contributed by atoms with Crippen molar-refractivity contribution in [3.05, 3.63) is 0 Å². The van der Waals surface area contributed by atoms with Crippen molar-refractivity contribution in [1.82, 2.24) is 5.32 Å². The summed E-state index contributed by atoms with van der Waals surface area (Å²) in [5.74, 6) is -1.91. The van der Waals surface area contributed by atoms with E-state index in [2.05, 4.69) is 5.32 Å². The molecule has 6 nitrogen and oxygen atoms in total. The number of ether oxygens (including phenoxy) is 1. The third-order valence-electron chi connectivity index (χ3n) is 2.99. The van der Waals surface area contributed by atoms with Gasteiger partial charge in [-0.05, 0) is 19.8 Å². The molecule has 17 heavy (non-hydrogen) atoms. The molecule has 0 bridgehead atoms. The Bertz CT molecular complexity index is 292. The van der Waals surface area contributed by atoms with Crippen LogP contribution in [-0.4, -0.2) is 46.9 Å². The third-order valence-corrected chi connectivity index (χ3v) is 2.99. The van der Waals surface area contributed by atoms with Gasteiger partial charge in [0.05, 0.1) is 18.1 Å². The fraction of sp³-hybridized carbons (Fsp3) is 0.818. The first-order valence-electron chi connectivity index (χ1n) is 5.80. The van der Waals surface area contributed by atoms with E-state index in [0.29, 0.717) is 19.4 Å². The van der Waals surface area contributed by atoms with Gasteiger partial charge < -0.3 is 20.3 Å². The number of carbonyl (C=O) groups excluding carboxylic acids is 1. The highest BCUT2D eigenvalue weighted by atomic mass is 16.5. The van der Waals surface area contributed by atoms with E-state index >= 15 is 0 Å². The summed E-state index contributed by atoms with van der Waals surface area (Å²) in [6.45, 7) is 3.77. The molecule has 98 valence electrons. The highest BCUT2D eigenvalue weighted by molar-refractivity contribution is 5.85. The molecule has 1 fully saturated rings. The SMILES string of the molecule is CCC1OCCC1C(=O)N[C@H](C(=O)O)[C@@H](C)O. The number of carboxylic acid groups (broad SMARTS) is 1. The molecule has 1 aliphatic heterocycles. The molecule has 0 aromatic heterocycles. The zero-order chi connectivity index (χ0) is 13.0. The molecular weight excluding hydrogens is 226 g/mol. The molecule has 0 aromatic carbocycles. The van der Waals surface area contributed by atoms with Gasteiger partial charge in [-0.1, -0.05) is 6.92 Å². The molecule has 2 unspecified atom stereocenters. The second-order valence-corrected chi connectivity index (χ2v) is 4.28. The van der Waals surface area contributed by atoms with Gasteiger partial charge in [0.15, 0.2) is 6.04 Å². The van der Waals surface area contributed by atoms with Crippen LogP contribution < -0.4 is 5.32 Å². The van der Waals surface area contributed by atoms with Crippen molar-refractivity contribution in [2.24, 2.45) is 5.92 Å². The van der Waals surface area contributed by atoms with Crippen molar-refractivity contribution in [2.45, 2.75) is 44.9 Å². The molecule has 0 aliphatic carbocycles. The number of amides is 1. The molecule has 4 atom stereocenters. The lowest BCUT2D eigenvalue weighted by Crippen LogP contribution is -2.50. The molecule has 1 amide bonds. The van der Waals surface area contributed by atoms with Gasteiger partial charge in [-0.15, -0.1) is 0 Å². The lowest BCUT2D eigenvalue weighted by atomic mass is 9.98. The van der Waals surface area contributed by atoms with Crippen molar-refractivity contribution >= 4 is 11.9 Å². The summed E-state index contributed by atoms with van der Waals surface area (Å²) in [7, 11) is 0. The van der Waals surface area contributed by atoms with Gasteiger partial charge in [-0.25, -0.2) is 4.79 Å². The summed E-state index contributed by atoms with van der Waals surface area (Å²) < 4.78 is 5.37. The van der Waals surface area contributed by atoms with Crippen LogP contribution in [0.15, 0.2) is 0 Å². The van der Waals surface area contributed by atoms with E-state index in [1.807, 2.05) is 6.92 Å². The Balaban J connectivity index is 2.61. The number of nitrogens with one attached hydrogen (secondary N) is 1. The minimum absolute atomic E-state index is 0.154. The average molecular weight is 245 g/mol. The van der Waals surface area contributed by atoms with E-state index in [4.69, 9.17) is 9.84 Å². The van der Waals surface area contributed by atoms with Crippen LogP contribution in [-0.2, 0) is 14.3 Å². The predicted octanol–water partition coefficient (Wildman–Crippen LogP) is -0.248. The molecule has 0 spiro atoms. The fourth-order valence-corrected chi connectivity index (χ4v) is 2.00. The van der Waals surface area contributed by atoms with Crippen molar-refractivity contribution < 1.29 is 24.5 Å². The van der Waals surface area contributed by atoms with Crippen LogP contribution in [0.25, 0.3) is 0 Å². The van der Waals surface area contributed by atoms with E-state index in [0.717, 1.165) is 0 Å². The summed E-state index contributed by atoms with van der Waals surface area (Å²) in [4.78, 5) is 22.7. The molecular formula is C11H19NO5. The monoisotopic (exact) mass is 245 g/mol. The van der Waals surface area contributed by atoms with Crippen LogP contribution >= 0.6 is 0 Å². The first kappa shape index (κ1) is 13.9. The molecule has 1 heterocycles. The smallest absolute Gasteiger partial charge is 0.328 e. The standard InChI is InChI=1S/C11H19NO5/c1-3-8-7(4-5-17-8)10(14)12-9(6(2)13)11(15)16/h6-9,13H,3-5H2,1-2H3,(H,12,14)(H,15,16)/t6-,7?,8?,9+/m1/s1. The molecule has 0 saturated carbocycles. The van der Waals surface area contributed by atoms with Crippen LogP contribution in [0, 0.1) is 5.92 Å². The minimum atomic E-state index is -1.26. The molecule has 0 radical (unpaired) electrons. The van der Waals surface area contributed by atoms with Crippen LogP contribution in [0.1, 0.15) is 26.7 Å². The summed E-state index contributed by atoms with van der Waals surface area (Å²) in [5.41, 5.74) is 0. The van der Waals surface area contributed by atoms with E-state index in [9.17, 15) is 14.7 Å². The number of carboxylic acids is 1. The Morgan fingerprint density at radius 2 is 2.18 bits per heavy atom. The maximum atomic E-state index is 11.9. The summed E-state index contributed by atoms with van der Waals surface area (Å²) in [6, 6.07) is -1.26. The summed E-state index contributed by atoms with van der Waals surface area (Å²) in [6.07, 6.45) is 0.0263. The van der Waals surface area contributed by atoms with Crippen molar-refractivity contribution in [2.75, 3.05) is 6.61 Å². The van der Waals surface area contributed by atoms with Gasteiger partial charge >= 0.3 is 5.97 Å². The normalized spacial score (nSPS) is 27.5. The van der Waals surface area contributed by atoms with Crippen LogP contribution in [0.4, 0.5) is 0 Å². The molecule has 1 aliphatic rings. The van der Waals surface area contributed by atoms with Gasteiger partial charge in [0.1, 0.15) is 0 Å². The van der Waals surface area contributed by atoms with E-state index in [-0.39, 0.29) is 17.9 Å². The number of aliphatic hydroxyl groups is 1. The number of rotatable bonds is 5. The Hall–Kier alpha value is -1.14. The van der Waals surface area contributed by atoms with Gasteiger partial charge in [-0.3, -0.25) is 4.79 Å². The van der Waals surface area contributed by atoms with E-state index in [1.165, 1.54) is 6.92 Å². The fourth-order valence-electron chi connectivity index (χ4n) is 2.00. The zero-order valence-electron chi connectivity index (χ0n) is 10.0. The highest BCUT2D eigenvalue weighted by Crippen LogP contribution is 2.23. The molecule has 1 saturated heterocycles. The summed E-state index contributed by atoms with van der Waals surface area (Å²) >= 11 is 0. The minimum Gasteiger partial charge on any atom is -0.480 e. The first-order chi connectivity index (χ1) is 7.97. The Kier molecular flexibility index (Phi) is 4.89. The second kappa shape index (κ2) is 5.97. The number of carbonyl (C=O) groups is 2. The maximum absolute atomic E-state index is 11.9. The molecule has 6 heteroatoms. The topological polar surface area (TPSA) is 95.9 Å². The molecule has 1 rings (SSSR count). The second-order valence-electron chi connectivity index (χ2n) is 4.28. The van der Waals surface area contributed by atoms with Crippen LogP contribution in [0.5, 0.6) is 0 Å². The lowest BCUT2D eigenvalue weighted by Gasteiger charge is -2.21. The maximum Gasteiger partial charge on any atom is 0.328 e. The number of aliphatic hydroxyl groups excluding tert-OH is 1. The average Bonchev–Trinajstić information content (AvgIpc) is 2.72. The Morgan fingerprint density at radius 1 is 1.53 bits per heavy atom. The quantitative estimate of drug-likeness (QED) is 0.621. The van der Waals surface area contributed by atoms with Crippen molar-refractivity contribution in [3.63, 3.8) is 0 Å². The van der Waals surface area contributed by atoms with Crippen molar-refractivity contribution in [3.8, 4) is 0 Å². The van der Waals surface area contributed by atoms with Crippen LogP contribution in [0.3, 0.4) is 0 Å². The predicted molar refractivity (Wildman–Crippen MR) is 59.4 cm³/mol. The number of aliphatic carboxylic acids is 1. The Morgan fingerprint density at radius 3 is 2.65 bits per heavy atom. The van der Waals surface area contributed by atoms with E-state index < -0.39 is 18.1 Å². The molecule has 0 aromatic rings. The van der Waals surface area contributed by atoms with Gasteiger partial charge in [0.2, 0.25) is 5.91 Å². The zero-order valence-corrected chi connectivity index (χ0v) is 10.0. The van der Waals surface area contributed by atoms with Crippen molar-refractivity contribution in [1.29, 1.82) is 0 Å². The number of hydrogen-bond donors (Lipinski definition) is 3. The van der Waals surface area contributed by atoms with E-state index in [1.54, 1.807) is 0 Å². The lowest BCUT2D eigenvalue weighted by molar-refractivity contribution is -0.145. The summed E-state index contributed by atoms with van der Waals surface area (Å²) in [5, 5.41) is 20.5. The van der Waals surface area contributed by atoms with Gasteiger partial charge in [0, 0.05) is 6.61 Å². The van der Waals surface area contributed by atoms with Gasteiger partial charge in [-0.2, -0.15) is 0 Å². The van der Waals surface area contributed by atoms with Crippen LogP contribution in [0.2, 0.25) is 0 Å². The first-order valence-corrected chi connectivity index (χ1v) is 5.80. The third kappa shape index (κ3) is 3.41. The highest BCUT2D eigenvalue weighted by Gasteiger charge is 2.35. The largest absolute Gasteiger partial charge is 0.480 e. The van der Waals surface area contributed by atoms with Gasteiger partial charge in [0.25, 0.3) is 0 Å². The number of hydrogen-bond acceptors (Lipinski definition) is 4.